The van der Waals surface area contributed by atoms with Gasteiger partial charge in [0.25, 0.3) is 0 Å². The van der Waals surface area contributed by atoms with Crippen LogP contribution in [0.25, 0.3) is 0 Å². The number of hydrogen-bond donors (Lipinski definition) is 0. The third-order valence-corrected chi connectivity index (χ3v) is 2.23. The number of benzene rings is 1. The highest BCUT2D eigenvalue weighted by atomic mass is 19.4. The topological polar surface area (TPSA) is 23.8 Å². The SMILES string of the molecule is N#CCc1c(F)c(F)c(C(F)(F)F)c(C(F)(F)F)c1F. The van der Waals surface area contributed by atoms with E-state index in [0.29, 0.717) is 0 Å². The van der Waals surface area contributed by atoms with E-state index in [2.05, 4.69) is 0 Å². The van der Waals surface area contributed by atoms with Crippen LogP contribution in [0.1, 0.15) is 16.7 Å². The van der Waals surface area contributed by atoms with E-state index in [0.717, 1.165) is 6.07 Å². The number of rotatable bonds is 1. The lowest BCUT2D eigenvalue weighted by molar-refractivity contribution is -0.166. The molecule has 0 aliphatic rings. The number of alkyl halides is 6. The summed E-state index contributed by atoms with van der Waals surface area (Å²) in [5.74, 6) is -8.01. The van der Waals surface area contributed by atoms with Crippen molar-refractivity contribution < 1.29 is 39.5 Å². The van der Waals surface area contributed by atoms with Gasteiger partial charge >= 0.3 is 12.4 Å². The van der Waals surface area contributed by atoms with Crippen LogP contribution in [0.15, 0.2) is 0 Å². The minimum atomic E-state index is -5.96. The molecule has 0 atom stereocenters. The molecule has 0 N–H and O–H groups in total. The van der Waals surface area contributed by atoms with E-state index in [-0.39, 0.29) is 0 Å². The summed E-state index contributed by atoms with van der Waals surface area (Å²) >= 11 is 0. The van der Waals surface area contributed by atoms with Crippen molar-refractivity contribution in [1.82, 2.24) is 0 Å². The van der Waals surface area contributed by atoms with E-state index in [4.69, 9.17) is 5.26 Å². The highest BCUT2D eigenvalue weighted by Crippen LogP contribution is 2.44. The number of nitriles is 1. The van der Waals surface area contributed by atoms with E-state index in [1.54, 1.807) is 0 Å². The summed E-state index contributed by atoms with van der Waals surface area (Å²) in [5.41, 5.74) is -7.76. The monoisotopic (exact) mass is 307 g/mol. The van der Waals surface area contributed by atoms with Crippen molar-refractivity contribution in [3.8, 4) is 6.07 Å². The van der Waals surface area contributed by atoms with Crippen molar-refractivity contribution >= 4 is 0 Å². The predicted molar refractivity (Wildman–Crippen MR) is 45.6 cm³/mol. The van der Waals surface area contributed by atoms with Crippen molar-refractivity contribution in [1.29, 1.82) is 5.26 Å². The van der Waals surface area contributed by atoms with Crippen LogP contribution in [0.3, 0.4) is 0 Å². The molecule has 0 heterocycles. The maximum atomic E-state index is 13.4. The first-order valence-corrected chi connectivity index (χ1v) is 4.63. The van der Waals surface area contributed by atoms with Crippen LogP contribution in [0.2, 0.25) is 0 Å². The summed E-state index contributed by atoms with van der Waals surface area (Å²) in [6, 6.07) is 1.03. The second-order valence-electron chi connectivity index (χ2n) is 3.50. The molecule has 20 heavy (non-hydrogen) atoms. The van der Waals surface area contributed by atoms with Crippen LogP contribution >= 0.6 is 0 Å². The largest absolute Gasteiger partial charge is 0.420 e. The van der Waals surface area contributed by atoms with Crippen molar-refractivity contribution in [2.45, 2.75) is 18.8 Å². The van der Waals surface area contributed by atoms with Gasteiger partial charge in [-0.3, -0.25) is 0 Å². The number of hydrogen-bond acceptors (Lipinski definition) is 1. The number of halogens is 9. The molecule has 1 nitrogen and oxygen atoms in total. The van der Waals surface area contributed by atoms with Crippen LogP contribution < -0.4 is 0 Å². The van der Waals surface area contributed by atoms with Gasteiger partial charge in [0, 0.05) is 5.56 Å². The molecule has 0 aliphatic carbocycles. The second-order valence-corrected chi connectivity index (χ2v) is 3.50. The lowest BCUT2D eigenvalue weighted by Crippen LogP contribution is -2.23. The minimum absolute atomic E-state index is 1.03. The minimum Gasteiger partial charge on any atom is -0.206 e. The van der Waals surface area contributed by atoms with Gasteiger partial charge in [-0.15, -0.1) is 0 Å². The van der Waals surface area contributed by atoms with Gasteiger partial charge in [0.15, 0.2) is 11.6 Å². The smallest absolute Gasteiger partial charge is 0.206 e. The van der Waals surface area contributed by atoms with Crippen molar-refractivity contribution in [2.75, 3.05) is 0 Å². The summed E-state index contributed by atoms with van der Waals surface area (Å²) in [6.45, 7) is 0. The van der Waals surface area contributed by atoms with Crippen LogP contribution in [0.5, 0.6) is 0 Å². The molecule has 1 aromatic rings. The quantitative estimate of drug-likeness (QED) is 0.563. The van der Waals surface area contributed by atoms with E-state index < -0.39 is 52.9 Å². The molecule has 0 aliphatic heterocycles. The maximum Gasteiger partial charge on any atom is 0.420 e. The Balaban J connectivity index is 3.92. The van der Waals surface area contributed by atoms with E-state index in [9.17, 15) is 39.5 Å². The summed E-state index contributed by atoms with van der Waals surface area (Å²) in [5, 5.41) is 8.17. The number of nitrogens with zero attached hydrogens (tertiary/aromatic N) is 1. The molecule has 0 fully saturated rings. The molecule has 1 aromatic carbocycles. The van der Waals surface area contributed by atoms with Gasteiger partial charge in [-0.05, 0) is 0 Å². The van der Waals surface area contributed by atoms with Crippen LogP contribution in [-0.2, 0) is 18.8 Å². The van der Waals surface area contributed by atoms with Crippen LogP contribution in [0, 0.1) is 28.8 Å². The van der Waals surface area contributed by atoms with Crippen LogP contribution in [-0.4, -0.2) is 0 Å². The zero-order valence-electron chi connectivity index (χ0n) is 9.06. The highest BCUT2D eigenvalue weighted by Gasteiger charge is 2.50. The average Bonchev–Trinajstić information content (AvgIpc) is 2.25. The van der Waals surface area contributed by atoms with E-state index >= 15 is 0 Å². The average molecular weight is 307 g/mol. The Morgan fingerprint density at radius 2 is 1.15 bits per heavy atom. The summed E-state index contributed by atoms with van der Waals surface area (Å²) in [6.07, 6.45) is -13.2. The summed E-state index contributed by atoms with van der Waals surface area (Å²) in [4.78, 5) is 0. The fourth-order valence-electron chi connectivity index (χ4n) is 1.48. The molecular formula is C10H2F9N. The molecule has 0 bridgehead atoms. The standard InChI is InChI=1S/C10H2F9N/c11-6-3(1-2-20)7(12)8(13)5(10(17,18)19)4(6)9(14,15)16/h1H2. The first-order chi connectivity index (χ1) is 8.92. The molecule has 10 heteroatoms. The maximum absolute atomic E-state index is 13.4. The Morgan fingerprint density at radius 1 is 0.750 bits per heavy atom. The Hall–Kier alpha value is -1.92. The highest BCUT2D eigenvalue weighted by molar-refractivity contribution is 5.41. The van der Waals surface area contributed by atoms with Gasteiger partial charge < -0.3 is 0 Å². The van der Waals surface area contributed by atoms with E-state index in [1.807, 2.05) is 0 Å². The van der Waals surface area contributed by atoms with Gasteiger partial charge in [-0.1, -0.05) is 0 Å². The Labute approximate surface area is 105 Å². The molecule has 110 valence electrons. The lowest BCUT2D eigenvalue weighted by Gasteiger charge is -2.19. The fourth-order valence-corrected chi connectivity index (χ4v) is 1.48. The molecule has 0 amide bonds. The molecular weight excluding hydrogens is 305 g/mol. The van der Waals surface area contributed by atoms with Gasteiger partial charge in [0.05, 0.1) is 12.5 Å². The normalized spacial score (nSPS) is 12.4. The third kappa shape index (κ3) is 2.66. The summed E-state index contributed by atoms with van der Waals surface area (Å²) < 4.78 is 114. The predicted octanol–water partition coefficient (Wildman–Crippen LogP) is 4.21. The van der Waals surface area contributed by atoms with Gasteiger partial charge in [0.1, 0.15) is 16.9 Å². The molecule has 0 aromatic heterocycles. The second kappa shape index (κ2) is 4.88. The first kappa shape index (κ1) is 16.1. The lowest BCUT2D eigenvalue weighted by atomic mass is 9.98. The molecule has 0 saturated carbocycles. The summed E-state index contributed by atoms with van der Waals surface area (Å²) in [7, 11) is 0. The van der Waals surface area contributed by atoms with E-state index in [1.165, 1.54) is 0 Å². The third-order valence-electron chi connectivity index (χ3n) is 2.23. The first-order valence-electron chi connectivity index (χ1n) is 4.63. The zero-order chi connectivity index (χ0) is 15.9. The molecule has 0 saturated heterocycles. The Kier molecular flexibility index (Phi) is 3.94. The Bertz CT molecular complexity index is 577. The van der Waals surface area contributed by atoms with Crippen LogP contribution in [0.4, 0.5) is 39.5 Å². The fraction of sp³-hybridized carbons (Fsp3) is 0.300. The molecule has 0 spiro atoms. The Morgan fingerprint density at radius 3 is 1.50 bits per heavy atom. The van der Waals surface area contributed by atoms with Gasteiger partial charge in [-0.2, -0.15) is 31.6 Å². The van der Waals surface area contributed by atoms with Crippen molar-refractivity contribution in [2.24, 2.45) is 0 Å². The van der Waals surface area contributed by atoms with Gasteiger partial charge in [0.2, 0.25) is 0 Å². The molecule has 0 unspecified atom stereocenters. The van der Waals surface area contributed by atoms with Gasteiger partial charge in [-0.25, -0.2) is 13.2 Å². The molecule has 0 radical (unpaired) electrons. The van der Waals surface area contributed by atoms with Crippen molar-refractivity contribution in [3.05, 3.63) is 34.1 Å². The molecule has 1 rings (SSSR count). The zero-order valence-corrected chi connectivity index (χ0v) is 9.06. The van der Waals surface area contributed by atoms with Crippen molar-refractivity contribution in [3.63, 3.8) is 0 Å².